The van der Waals surface area contributed by atoms with E-state index in [9.17, 15) is 4.79 Å². The Morgan fingerprint density at radius 2 is 1.25 bits per heavy atom. The lowest BCUT2D eigenvalue weighted by Gasteiger charge is -2.14. The summed E-state index contributed by atoms with van der Waals surface area (Å²) in [5.74, 6) is -0.981. The zero-order valence-electron chi connectivity index (χ0n) is 13.7. The number of carboxylic acid groups (broad SMARTS) is 1. The normalized spacial score (nSPS) is 10.9. The maximum atomic E-state index is 11.1. The third-order valence-electron chi connectivity index (χ3n) is 3.85. The highest BCUT2D eigenvalue weighted by Gasteiger charge is 2.17. The Labute approximate surface area is 190 Å². The van der Waals surface area contributed by atoms with Gasteiger partial charge in [-0.05, 0) is 41.5 Å². The van der Waals surface area contributed by atoms with Crippen LogP contribution in [0.2, 0.25) is 30.1 Å². The lowest BCUT2D eigenvalue weighted by atomic mass is 9.97. The summed E-state index contributed by atoms with van der Waals surface area (Å²) in [6.45, 7) is 0. The van der Waals surface area contributed by atoms with Crippen LogP contribution in [0.25, 0.3) is 22.4 Å². The predicted octanol–water partition coefficient (Wildman–Crippen LogP) is 7.96. The molecule has 0 aliphatic carbocycles. The fraction of sp³-hybridized carbons (Fsp3) is 0.0526. The van der Waals surface area contributed by atoms with Crippen molar-refractivity contribution in [2.75, 3.05) is 0 Å². The second kappa shape index (κ2) is 8.66. The van der Waals surface area contributed by atoms with Gasteiger partial charge >= 0.3 is 5.97 Å². The highest BCUT2D eigenvalue weighted by atomic mass is 35.5. The van der Waals surface area contributed by atoms with Crippen molar-refractivity contribution in [3.63, 3.8) is 0 Å². The van der Waals surface area contributed by atoms with Crippen LogP contribution in [0, 0.1) is 0 Å². The molecule has 2 aromatic carbocycles. The average Bonchev–Trinajstić information content (AvgIpc) is 2.62. The molecule has 0 unspecified atom stereocenters. The van der Waals surface area contributed by atoms with E-state index in [0.717, 1.165) is 0 Å². The number of carboxylic acids is 1. The molecule has 144 valence electrons. The predicted molar refractivity (Wildman–Crippen MR) is 117 cm³/mol. The van der Waals surface area contributed by atoms with Crippen LogP contribution in [-0.2, 0) is 11.2 Å². The molecule has 0 fully saturated rings. The molecule has 0 amide bonds. The van der Waals surface area contributed by atoms with Gasteiger partial charge in [0, 0.05) is 17.3 Å². The summed E-state index contributed by atoms with van der Waals surface area (Å²) >= 11 is 36.7. The van der Waals surface area contributed by atoms with Crippen LogP contribution in [0.15, 0.2) is 36.5 Å². The van der Waals surface area contributed by atoms with E-state index in [4.69, 9.17) is 74.7 Å². The number of aromatic nitrogens is 1. The van der Waals surface area contributed by atoms with Crippen molar-refractivity contribution in [3.05, 3.63) is 72.2 Å². The number of pyridine rings is 1. The summed E-state index contributed by atoms with van der Waals surface area (Å²) in [4.78, 5) is 15.5. The third kappa shape index (κ3) is 4.51. The summed E-state index contributed by atoms with van der Waals surface area (Å²) in [7, 11) is 0. The number of nitrogens with zero attached hydrogens (tertiary/aromatic N) is 1. The molecule has 0 bridgehead atoms. The van der Waals surface area contributed by atoms with E-state index in [2.05, 4.69) is 4.98 Å². The van der Waals surface area contributed by atoms with Gasteiger partial charge in [-0.1, -0.05) is 69.6 Å². The van der Waals surface area contributed by atoms with Crippen LogP contribution in [0.1, 0.15) is 5.56 Å². The Kier molecular flexibility index (Phi) is 6.65. The number of rotatable bonds is 4. The monoisotopic (exact) mass is 493 g/mol. The van der Waals surface area contributed by atoms with Gasteiger partial charge in [-0.15, -0.1) is 0 Å². The molecule has 1 heterocycles. The van der Waals surface area contributed by atoms with Gasteiger partial charge in [0.1, 0.15) is 0 Å². The number of hydrogen-bond acceptors (Lipinski definition) is 2. The highest BCUT2D eigenvalue weighted by molar-refractivity contribution is 6.49. The van der Waals surface area contributed by atoms with E-state index in [-0.39, 0.29) is 36.6 Å². The molecular formula is C19H9Cl6NO2. The third-order valence-corrected chi connectivity index (χ3v) is 6.25. The van der Waals surface area contributed by atoms with Crippen LogP contribution in [0.3, 0.4) is 0 Å². The van der Waals surface area contributed by atoms with Crippen LogP contribution < -0.4 is 0 Å². The van der Waals surface area contributed by atoms with Crippen molar-refractivity contribution >= 4 is 75.6 Å². The van der Waals surface area contributed by atoms with E-state index in [0.29, 0.717) is 27.9 Å². The largest absolute Gasteiger partial charge is 0.481 e. The summed E-state index contributed by atoms with van der Waals surface area (Å²) < 4.78 is 0. The van der Waals surface area contributed by atoms with Crippen LogP contribution >= 0.6 is 69.6 Å². The number of hydrogen-bond donors (Lipinski definition) is 1. The van der Waals surface area contributed by atoms with Crippen molar-refractivity contribution in [1.29, 1.82) is 0 Å². The van der Waals surface area contributed by atoms with Crippen LogP contribution in [-0.4, -0.2) is 16.1 Å². The van der Waals surface area contributed by atoms with Crippen molar-refractivity contribution in [2.45, 2.75) is 6.42 Å². The summed E-state index contributed by atoms with van der Waals surface area (Å²) in [6, 6.07) is 8.19. The SMILES string of the molecule is O=C(O)Cc1cnc(-c2cc(Cl)c(Cl)c(Cl)c2)c(-c2cc(Cl)c(Cl)c(Cl)c2)c1. The van der Waals surface area contributed by atoms with E-state index >= 15 is 0 Å². The number of benzene rings is 2. The molecular weight excluding hydrogens is 487 g/mol. The standard InChI is InChI=1S/C19H9Cl6NO2/c20-12-3-9(4-13(21)17(12)24)11-1-8(2-16(27)28)7-26-19(11)10-5-14(22)18(25)15(23)6-10/h1,3-7H,2H2,(H,27,28). The second-order valence-electron chi connectivity index (χ2n) is 5.82. The fourth-order valence-corrected chi connectivity index (χ4v) is 3.83. The maximum absolute atomic E-state index is 11.1. The molecule has 9 heteroatoms. The van der Waals surface area contributed by atoms with E-state index in [1.165, 1.54) is 6.20 Å². The molecule has 3 rings (SSSR count). The van der Waals surface area contributed by atoms with Crippen LogP contribution in [0.4, 0.5) is 0 Å². The smallest absolute Gasteiger partial charge is 0.307 e. The molecule has 0 radical (unpaired) electrons. The van der Waals surface area contributed by atoms with Gasteiger partial charge in [-0.3, -0.25) is 9.78 Å². The first-order valence-corrected chi connectivity index (χ1v) is 9.94. The number of aliphatic carboxylic acids is 1. The quantitative estimate of drug-likeness (QED) is 0.373. The zero-order chi connectivity index (χ0) is 20.6. The van der Waals surface area contributed by atoms with Crippen molar-refractivity contribution in [2.24, 2.45) is 0 Å². The molecule has 0 aliphatic rings. The molecule has 28 heavy (non-hydrogen) atoms. The Morgan fingerprint density at radius 3 is 1.71 bits per heavy atom. The summed E-state index contributed by atoms with van der Waals surface area (Å²) in [6.07, 6.45) is 1.28. The van der Waals surface area contributed by atoms with E-state index in [1.807, 2.05) is 0 Å². The minimum absolute atomic E-state index is 0.197. The molecule has 0 spiro atoms. The number of halogens is 6. The molecule has 0 atom stereocenters. The second-order valence-corrected chi connectivity index (χ2v) is 8.20. The van der Waals surface area contributed by atoms with Gasteiger partial charge in [-0.25, -0.2) is 0 Å². The fourth-order valence-electron chi connectivity index (χ4n) is 2.63. The Bertz CT molecular complexity index is 1050. The van der Waals surface area contributed by atoms with Gasteiger partial charge in [0.05, 0.1) is 42.3 Å². The molecule has 0 aliphatic heterocycles. The molecule has 1 N–H and O–H groups in total. The average molecular weight is 496 g/mol. The molecule has 0 saturated carbocycles. The lowest BCUT2D eigenvalue weighted by molar-refractivity contribution is -0.136. The molecule has 1 aromatic heterocycles. The van der Waals surface area contributed by atoms with Gasteiger partial charge in [0.15, 0.2) is 0 Å². The van der Waals surface area contributed by atoms with Crippen LogP contribution in [0.5, 0.6) is 0 Å². The van der Waals surface area contributed by atoms with Gasteiger partial charge in [0.2, 0.25) is 0 Å². The van der Waals surface area contributed by atoms with Crippen molar-refractivity contribution < 1.29 is 9.90 Å². The van der Waals surface area contributed by atoms with Gasteiger partial charge in [0.25, 0.3) is 0 Å². The first kappa shape index (κ1) is 21.5. The molecule has 0 saturated heterocycles. The Hall–Kier alpha value is -1.20. The highest BCUT2D eigenvalue weighted by Crippen LogP contribution is 2.41. The van der Waals surface area contributed by atoms with E-state index in [1.54, 1.807) is 30.3 Å². The van der Waals surface area contributed by atoms with Crippen molar-refractivity contribution in [3.8, 4) is 22.4 Å². The Balaban J connectivity index is 2.27. The maximum Gasteiger partial charge on any atom is 0.307 e. The zero-order valence-corrected chi connectivity index (χ0v) is 18.3. The minimum Gasteiger partial charge on any atom is -0.481 e. The minimum atomic E-state index is -0.981. The lowest BCUT2D eigenvalue weighted by Crippen LogP contribution is -2.02. The summed E-state index contributed by atoms with van der Waals surface area (Å²) in [5, 5.41) is 10.6. The van der Waals surface area contributed by atoms with E-state index < -0.39 is 5.97 Å². The Morgan fingerprint density at radius 1 is 0.786 bits per heavy atom. The molecule has 3 aromatic rings. The van der Waals surface area contributed by atoms with Crippen molar-refractivity contribution in [1.82, 2.24) is 4.98 Å². The first-order valence-electron chi connectivity index (χ1n) is 7.68. The van der Waals surface area contributed by atoms with Gasteiger partial charge < -0.3 is 5.11 Å². The number of carbonyl (C=O) groups is 1. The first-order chi connectivity index (χ1) is 13.2. The topological polar surface area (TPSA) is 50.2 Å². The molecule has 3 nitrogen and oxygen atoms in total. The summed E-state index contributed by atoms with van der Waals surface area (Å²) in [5.41, 5.74) is 2.80. The van der Waals surface area contributed by atoms with Gasteiger partial charge in [-0.2, -0.15) is 0 Å².